The molecule has 0 spiro atoms. The first-order chi connectivity index (χ1) is 12.3. The van der Waals surface area contributed by atoms with E-state index in [9.17, 15) is 4.39 Å². The highest BCUT2D eigenvalue weighted by Crippen LogP contribution is 2.33. The fourth-order valence-corrected chi connectivity index (χ4v) is 3.69. The lowest BCUT2D eigenvalue weighted by atomic mass is 10.1. The zero-order valence-electron chi connectivity index (χ0n) is 13.4. The lowest BCUT2D eigenvalue weighted by Gasteiger charge is -2.22. The van der Waals surface area contributed by atoms with Crippen LogP contribution in [0.4, 0.5) is 4.39 Å². The lowest BCUT2D eigenvalue weighted by molar-refractivity contribution is 0.241. The normalized spacial score (nSPS) is 18.5. The first-order valence-electron chi connectivity index (χ1n) is 8.37. The molecule has 1 fully saturated rings. The summed E-state index contributed by atoms with van der Waals surface area (Å²) in [5.74, 6) is 0.639. The molecule has 5 rings (SSSR count). The molecule has 1 saturated heterocycles. The summed E-state index contributed by atoms with van der Waals surface area (Å²) in [6.45, 7) is 1.74. The Morgan fingerprint density at radius 2 is 2.16 bits per heavy atom. The summed E-state index contributed by atoms with van der Waals surface area (Å²) in [4.78, 5) is 10.3. The molecule has 0 bridgehead atoms. The first-order valence-corrected chi connectivity index (χ1v) is 8.37. The van der Waals surface area contributed by atoms with Gasteiger partial charge in [0.1, 0.15) is 22.7 Å². The van der Waals surface area contributed by atoms with E-state index in [1.54, 1.807) is 6.07 Å². The number of H-pyrrole nitrogens is 1. The molecule has 7 heteroatoms. The van der Waals surface area contributed by atoms with Crippen LogP contribution in [0, 0.1) is 5.82 Å². The molecule has 25 heavy (non-hydrogen) atoms. The van der Waals surface area contributed by atoms with E-state index in [1.165, 1.54) is 12.1 Å². The molecule has 4 aromatic rings. The van der Waals surface area contributed by atoms with Gasteiger partial charge in [0.15, 0.2) is 0 Å². The van der Waals surface area contributed by atoms with Gasteiger partial charge in [0.25, 0.3) is 0 Å². The van der Waals surface area contributed by atoms with E-state index in [1.807, 2.05) is 12.1 Å². The van der Waals surface area contributed by atoms with Gasteiger partial charge in [-0.1, -0.05) is 12.1 Å². The molecule has 0 unspecified atom stereocenters. The maximum atomic E-state index is 13.4. The van der Waals surface area contributed by atoms with Crippen LogP contribution in [-0.4, -0.2) is 31.7 Å². The molecular weight excluding hydrogens is 321 g/mol. The number of rotatable bonds is 3. The number of halogens is 1. The molecule has 3 heterocycles. The Morgan fingerprint density at radius 1 is 1.20 bits per heavy atom. The molecule has 1 aliphatic rings. The smallest absolute Gasteiger partial charge is 0.139 e. The molecule has 6 nitrogen and oxygen atoms in total. The highest BCUT2D eigenvalue weighted by atomic mass is 19.1. The van der Waals surface area contributed by atoms with Crippen molar-refractivity contribution in [3.05, 3.63) is 53.6 Å². The lowest BCUT2D eigenvalue weighted by Crippen LogP contribution is -2.23. The highest BCUT2D eigenvalue weighted by molar-refractivity contribution is 5.77. The number of hydrogen-bond donors (Lipinski definition) is 1. The topological polar surface area (TPSA) is 70.8 Å². The number of nitrogens with zero attached hydrogens (tertiary/aromatic N) is 4. The summed E-state index contributed by atoms with van der Waals surface area (Å²) in [5.41, 5.74) is 4.20. The predicted octanol–water partition coefficient (Wildman–Crippen LogP) is 3.58. The Morgan fingerprint density at radius 3 is 3.12 bits per heavy atom. The molecular formula is C18H16FN5O. The van der Waals surface area contributed by atoms with Crippen molar-refractivity contribution < 1.29 is 9.02 Å². The molecule has 126 valence electrons. The number of aromatic nitrogens is 4. The SMILES string of the molecule is Fc1ccc2nc([C@H]3CCCN3Cc3cccc4nonc34)[nH]c2c1. The molecule has 0 radical (unpaired) electrons. The third-order valence-electron chi connectivity index (χ3n) is 4.88. The largest absolute Gasteiger partial charge is 0.341 e. The van der Waals surface area contributed by atoms with Crippen LogP contribution in [-0.2, 0) is 6.54 Å². The van der Waals surface area contributed by atoms with E-state index >= 15 is 0 Å². The van der Waals surface area contributed by atoms with Gasteiger partial charge in [-0.25, -0.2) is 14.0 Å². The van der Waals surface area contributed by atoms with Crippen LogP contribution in [0.5, 0.6) is 0 Å². The zero-order chi connectivity index (χ0) is 16.8. The second-order valence-corrected chi connectivity index (χ2v) is 6.46. The average molecular weight is 337 g/mol. The number of imidazole rings is 1. The molecule has 0 saturated carbocycles. The predicted molar refractivity (Wildman–Crippen MR) is 90.2 cm³/mol. The van der Waals surface area contributed by atoms with Crippen molar-refractivity contribution in [2.24, 2.45) is 0 Å². The van der Waals surface area contributed by atoms with Gasteiger partial charge in [0.05, 0.1) is 17.1 Å². The number of likely N-dealkylation sites (tertiary alicyclic amines) is 1. The van der Waals surface area contributed by atoms with Crippen molar-refractivity contribution >= 4 is 22.1 Å². The van der Waals surface area contributed by atoms with E-state index in [0.717, 1.165) is 59.4 Å². The van der Waals surface area contributed by atoms with Crippen LogP contribution in [0.1, 0.15) is 30.3 Å². The molecule has 2 aromatic carbocycles. The molecule has 2 aromatic heterocycles. The van der Waals surface area contributed by atoms with Crippen molar-refractivity contribution in [3.8, 4) is 0 Å². The molecule has 0 aliphatic carbocycles. The number of fused-ring (bicyclic) bond motifs is 2. The number of benzene rings is 2. The van der Waals surface area contributed by atoms with E-state index in [-0.39, 0.29) is 11.9 Å². The van der Waals surface area contributed by atoms with Crippen molar-refractivity contribution in [1.82, 2.24) is 25.2 Å². The monoisotopic (exact) mass is 337 g/mol. The highest BCUT2D eigenvalue weighted by Gasteiger charge is 2.29. The van der Waals surface area contributed by atoms with Gasteiger partial charge in [-0.2, -0.15) is 0 Å². The van der Waals surface area contributed by atoms with Crippen LogP contribution in [0.3, 0.4) is 0 Å². The molecule has 1 aliphatic heterocycles. The Bertz CT molecular complexity index is 1060. The summed E-state index contributed by atoms with van der Waals surface area (Å²) in [6, 6.07) is 10.7. The summed E-state index contributed by atoms with van der Waals surface area (Å²) in [7, 11) is 0. The van der Waals surface area contributed by atoms with E-state index < -0.39 is 0 Å². The quantitative estimate of drug-likeness (QED) is 0.619. The minimum Gasteiger partial charge on any atom is -0.341 e. The Hall–Kier alpha value is -2.80. The van der Waals surface area contributed by atoms with Gasteiger partial charge in [-0.3, -0.25) is 4.90 Å². The van der Waals surface area contributed by atoms with E-state index in [0.29, 0.717) is 0 Å². The third-order valence-corrected chi connectivity index (χ3v) is 4.88. The van der Waals surface area contributed by atoms with Crippen LogP contribution < -0.4 is 0 Å². The summed E-state index contributed by atoms with van der Waals surface area (Å²) in [5, 5.41) is 7.93. The maximum Gasteiger partial charge on any atom is 0.139 e. The molecule has 1 atom stereocenters. The molecule has 1 N–H and O–H groups in total. The van der Waals surface area contributed by atoms with Crippen LogP contribution in [0.15, 0.2) is 41.0 Å². The minimum absolute atomic E-state index is 0.186. The summed E-state index contributed by atoms with van der Waals surface area (Å²) in [6.07, 6.45) is 2.12. The summed E-state index contributed by atoms with van der Waals surface area (Å²) < 4.78 is 18.3. The van der Waals surface area contributed by atoms with Gasteiger partial charge >= 0.3 is 0 Å². The molecule has 0 amide bonds. The van der Waals surface area contributed by atoms with Gasteiger partial charge in [0.2, 0.25) is 0 Å². The van der Waals surface area contributed by atoms with Crippen LogP contribution in [0.25, 0.3) is 22.1 Å². The number of aromatic amines is 1. The second kappa shape index (κ2) is 5.63. The average Bonchev–Trinajstić information content (AvgIpc) is 3.33. The third kappa shape index (κ3) is 2.47. The van der Waals surface area contributed by atoms with E-state index in [4.69, 9.17) is 4.63 Å². The summed E-state index contributed by atoms with van der Waals surface area (Å²) >= 11 is 0. The zero-order valence-corrected chi connectivity index (χ0v) is 13.4. The maximum absolute atomic E-state index is 13.4. The van der Waals surface area contributed by atoms with Crippen molar-refractivity contribution in [1.29, 1.82) is 0 Å². The van der Waals surface area contributed by atoms with Gasteiger partial charge in [0, 0.05) is 6.54 Å². The minimum atomic E-state index is -0.254. The number of hydrogen-bond acceptors (Lipinski definition) is 5. The fraction of sp³-hybridized carbons (Fsp3) is 0.278. The second-order valence-electron chi connectivity index (χ2n) is 6.46. The number of nitrogens with one attached hydrogen (secondary N) is 1. The first kappa shape index (κ1) is 14.5. The van der Waals surface area contributed by atoms with E-state index in [2.05, 4.69) is 31.2 Å². The van der Waals surface area contributed by atoms with Gasteiger partial charge in [-0.05, 0) is 59.5 Å². The van der Waals surface area contributed by atoms with Crippen LogP contribution >= 0.6 is 0 Å². The van der Waals surface area contributed by atoms with Gasteiger partial charge < -0.3 is 4.98 Å². The van der Waals surface area contributed by atoms with Gasteiger partial charge in [-0.15, -0.1) is 0 Å². The Balaban J connectivity index is 1.47. The van der Waals surface area contributed by atoms with Crippen LogP contribution in [0.2, 0.25) is 0 Å². The van der Waals surface area contributed by atoms with Crippen molar-refractivity contribution in [3.63, 3.8) is 0 Å². The Labute approximate surface area is 142 Å². The van der Waals surface area contributed by atoms with Crippen molar-refractivity contribution in [2.75, 3.05) is 6.54 Å². The Kier molecular flexibility index (Phi) is 3.27. The van der Waals surface area contributed by atoms with Crippen molar-refractivity contribution in [2.45, 2.75) is 25.4 Å². The fourth-order valence-electron chi connectivity index (χ4n) is 3.69. The standard InChI is InChI=1S/C18H16FN5O/c19-12-6-7-13-15(9-12)21-18(20-13)16-5-2-8-24(16)10-11-3-1-4-14-17(11)23-25-22-14/h1,3-4,6-7,9,16H,2,5,8,10H2,(H,20,21)/t16-/m1/s1.